The van der Waals surface area contributed by atoms with Crippen molar-refractivity contribution in [2.24, 2.45) is 0 Å². The van der Waals surface area contributed by atoms with Gasteiger partial charge in [-0.25, -0.2) is 0 Å². The molecular weight excluding hydrogens is 276 g/mol. The van der Waals surface area contributed by atoms with E-state index in [1.54, 1.807) is 0 Å². The Morgan fingerprint density at radius 3 is 2.47 bits per heavy atom. The number of hydrogen-bond acceptors (Lipinski definition) is 1. The van der Waals surface area contributed by atoms with Gasteiger partial charge in [0.1, 0.15) is 0 Å². The standard InChI is InChI=1S/C15H13BrO/c16-12-7-5-10(6-8-12)15(17)14-9-11-3-1-2-4-13(11)14/h1-8,14-15,17H,9H2. The first-order valence-corrected chi connectivity index (χ1v) is 6.56. The molecule has 2 unspecified atom stereocenters. The third-order valence-corrected chi connectivity index (χ3v) is 4.02. The predicted molar refractivity (Wildman–Crippen MR) is 72.0 cm³/mol. The SMILES string of the molecule is OC(c1ccc(Br)cc1)C1Cc2ccccc21. The number of aliphatic hydroxyl groups excluding tert-OH is 1. The number of aliphatic hydroxyl groups is 1. The zero-order chi connectivity index (χ0) is 11.8. The van der Waals surface area contributed by atoms with Crippen molar-refractivity contribution >= 4 is 15.9 Å². The molecule has 2 heteroatoms. The molecule has 0 heterocycles. The van der Waals surface area contributed by atoms with E-state index in [1.165, 1.54) is 11.1 Å². The molecule has 1 N–H and O–H groups in total. The Bertz CT molecular complexity index is 533. The Kier molecular flexibility index (Phi) is 2.77. The van der Waals surface area contributed by atoms with Crippen LogP contribution >= 0.6 is 15.9 Å². The molecule has 3 rings (SSSR count). The third-order valence-electron chi connectivity index (χ3n) is 3.49. The summed E-state index contributed by atoms with van der Waals surface area (Å²) < 4.78 is 1.04. The fourth-order valence-corrected chi connectivity index (χ4v) is 2.74. The molecule has 1 aliphatic carbocycles. The first kappa shape index (κ1) is 11.0. The first-order valence-electron chi connectivity index (χ1n) is 5.77. The molecule has 0 radical (unpaired) electrons. The molecule has 0 bridgehead atoms. The van der Waals surface area contributed by atoms with Crippen LogP contribution < -0.4 is 0 Å². The topological polar surface area (TPSA) is 20.2 Å². The molecule has 1 nitrogen and oxygen atoms in total. The molecule has 0 fully saturated rings. The number of halogens is 1. The number of rotatable bonds is 2. The summed E-state index contributed by atoms with van der Waals surface area (Å²) in [5.74, 6) is 0.257. The highest BCUT2D eigenvalue weighted by Crippen LogP contribution is 2.43. The second-order valence-electron chi connectivity index (χ2n) is 4.51. The monoisotopic (exact) mass is 288 g/mol. The summed E-state index contributed by atoms with van der Waals surface area (Å²) >= 11 is 3.41. The fraction of sp³-hybridized carbons (Fsp3) is 0.200. The van der Waals surface area contributed by atoms with Crippen LogP contribution in [-0.2, 0) is 6.42 Å². The van der Waals surface area contributed by atoms with Crippen molar-refractivity contribution in [2.75, 3.05) is 0 Å². The van der Waals surface area contributed by atoms with Crippen LogP contribution in [0.15, 0.2) is 53.0 Å². The average Bonchev–Trinajstić information content (AvgIpc) is 2.31. The van der Waals surface area contributed by atoms with Gasteiger partial charge in [0, 0.05) is 10.4 Å². The van der Waals surface area contributed by atoms with E-state index >= 15 is 0 Å². The van der Waals surface area contributed by atoms with Gasteiger partial charge >= 0.3 is 0 Å². The van der Waals surface area contributed by atoms with E-state index in [0.29, 0.717) is 0 Å². The first-order chi connectivity index (χ1) is 8.25. The van der Waals surface area contributed by atoms with Crippen molar-refractivity contribution in [3.8, 4) is 0 Å². The molecule has 0 aliphatic heterocycles. The van der Waals surface area contributed by atoms with E-state index < -0.39 is 6.10 Å². The molecule has 2 aromatic carbocycles. The van der Waals surface area contributed by atoms with Crippen LogP contribution in [0.3, 0.4) is 0 Å². The summed E-state index contributed by atoms with van der Waals surface area (Å²) in [5.41, 5.74) is 3.66. The van der Waals surface area contributed by atoms with Crippen LogP contribution in [0.4, 0.5) is 0 Å². The lowest BCUT2D eigenvalue weighted by Gasteiger charge is -2.34. The highest BCUT2D eigenvalue weighted by atomic mass is 79.9. The maximum Gasteiger partial charge on any atom is 0.0861 e. The molecule has 0 aromatic heterocycles. The highest BCUT2D eigenvalue weighted by Gasteiger charge is 2.32. The van der Waals surface area contributed by atoms with Crippen LogP contribution in [0, 0.1) is 0 Å². The summed E-state index contributed by atoms with van der Waals surface area (Å²) in [4.78, 5) is 0. The number of hydrogen-bond donors (Lipinski definition) is 1. The molecular formula is C15H13BrO. The quantitative estimate of drug-likeness (QED) is 0.891. The second kappa shape index (κ2) is 4.28. The smallest absolute Gasteiger partial charge is 0.0861 e. The van der Waals surface area contributed by atoms with Gasteiger partial charge in [-0.2, -0.15) is 0 Å². The summed E-state index contributed by atoms with van der Waals surface area (Å²) in [6, 6.07) is 16.3. The van der Waals surface area contributed by atoms with Crippen molar-refractivity contribution in [2.45, 2.75) is 18.4 Å². The van der Waals surface area contributed by atoms with Gasteiger partial charge in [-0.1, -0.05) is 52.3 Å². The Morgan fingerprint density at radius 2 is 1.76 bits per heavy atom. The Labute approximate surface area is 109 Å². The fourth-order valence-electron chi connectivity index (χ4n) is 2.47. The summed E-state index contributed by atoms with van der Waals surface area (Å²) in [5, 5.41) is 10.4. The lowest BCUT2D eigenvalue weighted by molar-refractivity contribution is 0.134. The predicted octanol–water partition coefficient (Wildman–Crippen LogP) is 3.82. The summed E-state index contributed by atoms with van der Waals surface area (Å²) in [7, 11) is 0. The van der Waals surface area contributed by atoms with Crippen LogP contribution in [-0.4, -0.2) is 5.11 Å². The normalized spacial score (nSPS) is 19.3. The number of benzene rings is 2. The van der Waals surface area contributed by atoms with E-state index in [9.17, 15) is 5.11 Å². The van der Waals surface area contributed by atoms with Gasteiger partial charge in [-0.15, -0.1) is 0 Å². The maximum absolute atomic E-state index is 10.4. The molecule has 0 saturated carbocycles. The molecule has 1 aliphatic rings. The van der Waals surface area contributed by atoms with Gasteiger partial charge in [0.05, 0.1) is 6.10 Å². The van der Waals surface area contributed by atoms with E-state index in [0.717, 1.165) is 16.5 Å². The Morgan fingerprint density at radius 1 is 1.06 bits per heavy atom. The molecule has 2 atom stereocenters. The minimum absolute atomic E-state index is 0.257. The minimum Gasteiger partial charge on any atom is -0.388 e. The zero-order valence-corrected chi connectivity index (χ0v) is 10.9. The maximum atomic E-state index is 10.4. The van der Waals surface area contributed by atoms with Crippen molar-refractivity contribution in [1.82, 2.24) is 0 Å². The lowest BCUT2D eigenvalue weighted by Crippen LogP contribution is -2.23. The van der Waals surface area contributed by atoms with Gasteiger partial charge < -0.3 is 5.11 Å². The lowest BCUT2D eigenvalue weighted by atomic mass is 9.73. The van der Waals surface area contributed by atoms with Crippen LogP contribution in [0.25, 0.3) is 0 Å². The molecule has 0 amide bonds. The third kappa shape index (κ3) is 1.92. The van der Waals surface area contributed by atoms with Crippen molar-refractivity contribution in [3.05, 3.63) is 69.7 Å². The summed E-state index contributed by atoms with van der Waals surface area (Å²) in [6.45, 7) is 0. The van der Waals surface area contributed by atoms with Gasteiger partial charge in [0.2, 0.25) is 0 Å². The molecule has 0 spiro atoms. The van der Waals surface area contributed by atoms with Gasteiger partial charge in [-0.05, 0) is 35.2 Å². The highest BCUT2D eigenvalue weighted by molar-refractivity contribution is 9.10. The average molecular weight is 289 g/mol. The van der Waals surface area contributed by atoms with E-state index in [2.05, 4.69) is 34.1 Å². The Balaban J connectivity index is 1.86. The van der Waals surface area contributed by atoms with E-state index in [-0.39, 0.29) is 5.92 Å². The minimum atomic E-state index is -0.391. The summed E-state index contributed by atoms with van der Waals surface area (Å²) in [6.07, 6.45) is 0.589. The van der Waals surface area contributed by atoms with Crippen LogP contribution in [0.1, 0.15) is 28.7 Å². The second-order valence-corrected chi connectivity index (χ2v) is 5.42. The van der Waals surface area contributed by atoms with Gasteiger partial charge in [-0.3, -0.25) is 0 Å². The van der Waals surface area contributed by atoms with Gasteiger partial charge in [0.25, 0.3) is 0 Å². The largest absolute Gasteiger partial charge is 0.388 e. The van der Waals surface area contributed by atoms with Crippen LogP contribution in [0.5, 0.6) is 0 Å². The zero-order valence-electron chi connectivity index (χ0n) is 9.31. The Hall–Kier alpha value is -1.12. The van der Waals surface area contributed by atoms with E-state index in [1.807, 2.05) is 30.3 Å². The van der Waals surface area contributed by atoms with E-state index in [4.69, 9.17) is 0 Å². The van der Waals surface area contributed by atoms with Crippen molar-refractivity contribution in [3.63, 3.8) is 0 Å². The van der Waals surface area contributed by atoms with Crippen molar-refractivity contribution < 1.29 is 5.11 Å². The molecule has 86 valence electrons. The van der Waals surface area contributed by atoms with Crippen molar-refractivity contribution in [1.29, 1.82) is 0 Å². The van der Waals surface area contributed by atoms with Gasteiger partial charge in [0.15, 0.2) is 0 Å². The molecule has 0 saturated heterocycles. The molecule has 2 aromatic rings. The number of fused-ring (bicyclic) bond motifs is 1. The molecule has 17 heavy (non-hydrogen) atoms. The van der Waals surface area contributed by atoms with Crippen LogP contribution in [0.2, 0.25) is 0 Å².